The summed E-state index contributed by atoms with van der Waals surface area (Å²) < 4.78 is 10.9. The lowest BCUT2D eigenvalue weighted by Crippen LogP contribution is -2.33. The van der Waals surface area contributed by atoms with Crippen LogP contribution in [0.5, 0.6) is 5.75 Å². The predicted octanol–water partition coefficient (Wildman–Crippen LogP) is 1.95. The maximum Gasteiger partial charge on any atom is 0.168 e. The van der Waals surface area contributed by atoms with Crippen molar-refractivity contribution in [1.29, 1.82) is 0 Å². The molecule has 0 bridgehead atoms. The molecule has 1 fully saturated rings. The molecule has 2 rings (SSSR count). The lowest BCUT2D eigenvalue weighted by atomic mass is 10.0. The number of Topliss-reactive ketones (excluding diaryl/α,β-unsaturated/α-hetero) is 1. The van der Waals surface area contributed by atoms with E-state index in [9.17, 15) is 4.79 Å². The number of ketones is 1. The highest BCUT2D eigenvalue weighted by Crippen LogP contribution is 2.25. The number of methoxy groups -OCH3 is 1. The quantitative estimate of drug-likeness (QED) is 0.844. The van der Waals surface area contributed by atoms with E-state index in [1.165, 1.54) is 0 Å². The Morgan fingerprint density at radius 3 is 3.00 bits per heavy atom. The van der Waals surface area contributed by atoms with Gasteiger partial charge >= 0.3 is 0 Å². The van der Waals surface area contributed by atoms with Crippen LogP contribution >= 0.6 is 11.8 Å². The number of rotatable bonds is 4. The first-order valence-corrected chi connectivity index (χ1v) is 7.50. The molecule has 2 heterocycles. The Hall–Kier alpha value is -1.07. The number of pyridine rings is 1. The topological polar surface area (TPSA) is 48.4 Å². The number of thioether (sulfide) groups is 1. The highest BCUT2D eigenvalue weighted by Gasteiger charge is 2.24. The van der Waals surface area contributed by atoms with Gasteiger partial charge in [-0.1, -0.05) is 0 Å². The first-order valence-electron chi connectivity index (χ1n) is 6.34. The number of hydrogen-bond acceptors (Lipinski definition) is 5. The van der Waals surface area contributed by atoms with Gasteiger partial charge in [-0.3, -0.25) is 9.78 Å². The van der Waals surface area contributed by atoms with E-state index in [0.29, 0.717) is 13.0 Å². The molecular weight excluding hydrogens is 262 g/mol. The summed E-state index contributed by atoms with van der Waals surface area (Å²) in [5.74, 6) is 2.64. The number of aryl methyl sites for hydroxylation is 1. The van der Waals surface area contributed by atoms with Gasteiger partial charge in [0.2, 0.25) is 0 Å². The van der Waals surface area contributed by atoms with Crippen LogP contribution in [0.3, 0.4) is 0 Å². The third-order valence-electron chi connectivity index (χ3n) is 3.27. The van der Waals surface area contributed by atoms with Crippen molar-refractivity contribution >= 4 is 17.5 Å². The van der Waals surface area contributed by atoms with Gasteiger partial charge in [0.05, 0.1) is 25.8 Å². The normalized spacial score (nSPS) is 19.2. The van der Waals surface area contributed by atoms with Gasteiger partial charge in [0.25, 0.3) is 0 Å². The minimum atomic E-state index is -0.285. The molecule has 0 N–H and O–H groups in total. The Kier molecular flexibility index (Phi) is 4.82. The van der Waals surface area contributed by atoms with E-state index in [0.717, 1.165) is 34.1 Å². The summed E-state index contributed by atoms with van der Waals surface area (Å²) in [6, 6.07) is 0. The van der Waals surface area contributed by atoms with Crippen LogP contribution in [0.15, 0.2) is 6.20 Å². The number of carbonyl (C=O) groups is 1. The highest BCUT2D eigenvalue weighted by atomic mass is 32.2. The van der Waals surface area contributed by atoms with Gasteiger partial charge in [0.15, 0.2) is 5.78 Å². The number of nitrogens with zero attached hydrogens (tertiary/aromatic N) is 1. The van der Waals surface area contributed by atoms with E-state index < -0.39 is 0 Å². The zero-order valence-electron chi connectivity index (χ0n) is 11.6. The molecular formula is C14H19NO3S. The second-order valence-electron chi connectivity index (χ2n) is 4.62. The lowest BCUT2D eigenvalue weighted by Gasteiger charge is -2.21. The third-order valence-corrected chi connectivity index (χ3v) is 4.26. The van der Waals surface area contributed by atoms with E-state index in [-0.39, 0.29) is 11.9 Å². The molecule has 1 aromatic heterocycles. The lowest BCUT2D eigenvalue weighted by molar-refractivity contribution is -0.128. The van der Waals surface area contributed by atoms with E-state index in [1.54, 1.807) is 25.1 Å². The molecule has 0 radical (unpaired) electrons. The van der Waals surface area contributed by atoms with Crippen LogP contribution in [0, 0.1) is 13.8 Å². The van der Waals surface area contributed by atoms with Crippen molar-refractivity contribution in [3.8, 4) is 5.75 Å². The largest absolute Gasteiger partial charge is 0.496 e. The molecule has 0 amide bonds. The molecule has 0 aliphatic carbocycles. The molecule has 104 valence electrons. The van der Waals surface area contributed by atoms with E-state index in [4.69, 9.17) is 9.47 Å². The minimum Gasteiger partial charge on any atom is -0.496 e. The van der Waals surface area contributed by atoms with Crippen molar-refractivity contribution in [2.24, 2.45) is 0 Å². The maximum absolute atomic E-state index is 12.2. The molecule has 5 heteroatoms. The first kappa shape index (κ1) is 14.3. The second kappa shape index (κ2) is 6.39. The van der Waals surface area contributed by atoms with Gasteiger partial charge in [0.1, 0.15) is 11.9 Å². The molecule has 1 aliphatic heterocycles. The van der Waals surface area contributed by atoms with E-state index in [1.807, 2.05) is 13.8 Å². The van der Waals surface area contributed by atoms with Gasteiger partial charge < -0.3 is 9.47 Å². The molecule has 1 aromatic rings. The number of carbonyl (C=O) groups excluding carboxylic acids is 1. The van der Waals surface area contributed by atoms with Crippen molar-refractivity contribution in [2.45, 2.75) is 26.4 Å². The van der Waals surface area contributed by atoms with Gasteiger partial charge in [-0.2, -0.15) is 11.8 Å². The smallest absolute Gasteiger partial charge is 0.168 e. The van der Waals surface area contributed by atoms with E-state index in [2.05, 4.69) is 4.98 Å². The summed E-state index contributed by atoms with van der Waals surface area (Å²) in [4.78, 5) is 16.5. The molecule has 1 atom stereocenters. The summed E-state index contributed by atoms with van der Waals surface area (Å²) in [7, 11) is 1.64. The number of ether oxygens (including phenoxy) is 2. The first-order chi connectivity index (χ1) is 9.13. The van der Waals surface area contributed by atoms with E-state index >= 15 is 0 Å². The van der Waals surface area contributed by atoms with Gasteiger partial charge in [-0.25, -0.2) is 0 Å². The fourth-order valence-corrected chi connectivity index (χ4v) is 3.08. The Labute approximate surface area is 117 Å². The van der Waals surface area contributed by atoms with Gasteiger partial charge in [0, 0.05) is 28.8 Å². The summed E-state index contributed by atoms with van der Waals surface area (Å²) in [6.07, 6.45) is 1.78. The molecule has 4 nitrogen and oxygen atoms in total. The maximum atomic E-state index is 12.2. The monoisotopic (exact) mass is 281 g/mol. The zero-order chi connectivity index (χ0) is 13.8. The molecule has 0 saturated carbocycles. The standard InChI is InChI=1S/C14H19NO3S/c1-9-7-15-11(10(2)14(9)17-3)6-12(16)13-8-19-5-4-18-13/h7,13H,4-6,8H2,1-3H3. The SMILES string of the molecule is COc1c(C)cnc(CC(=O)C2CSCCO2)c1C. The highest BCUT2D eigenvalue weighted by molar-refractivity contribution is 7.99. The predicted molar refractivity (Wildman–Crippen MR) is 76.0 cm³/mol. The van der Waals surface area contributed by atoms with Crippen molar-refractivity contribution in [3.63, 3.8) is 0 Å². The molecule has 19 heavy (non-hydrogen) atoms. The fourth-order valence-electron chi connectivity index (χ4n) is 2.20. The molecule has 0 aromatic carbocycles. The Balaban J connectivity index is 2.12. The minimum absolute atomic E-state index is 0.105. The molecule has 0 spiro atoms. The Bertz CT molecular complexity index is 470. The van der Waals surface area contributed by atoms with Crippen LogP contribution in [0.1, 0.15) is 16.8 Å². The van der Waals surface area contributed by atoms with Crippen molar-refractivity contribution < 1.29 is 14.3 Å². The van der Waals surface area contributed by atoms with Crippen LogP contribution < -0.4 is 4.74 Å². The Morgan fingerprint density at radius 2 is 2.37 bits per heavy atom. The van der Waals surface area contributed by atoms with Crippen LogP contribution in [-0.4, -0.2) is 42.1 Å². The molecule has 1 saturated heterocycles. The number of hydrogen-bond donors (Lipinski definition) is 0. The molecule has 1 aliphatic rings. The van der Waals surface area contributed by atoms with Crippen molar-refractivity contribution in [1.82, 2.24) is 4.98 Å². The van der Waals surface area contributed by atoms with Gasteiger partial charge in [-0.05, 0) is 13.8 Å². The summed E-state index contributed by atoms with van der Waals surface area (Å²) in [6.45, 7) is 4.55. The average molecular weight is 281 g/mol. The van der Waals surface area contributed by atoms with Gasteiger partial charge in [-0.15, -0.1) is 0 Å². The molecule has 1 unspecified atom stereocenters. The third kappa shape index (κ3) is 3.28. The van der Waals surface area contributed by atoms with Crippen molar-refractivity contribution in [3.05, 3.63) is 23.0 Å². The number of aromatic nitrogens is 1. The summed E-state index contributed by atoms with van der Waals surface area (Å²) in [5, 5.41) is 0. The van der Waals surface area contributed by atoms with Crippen LogP contribution in [-0.2, 0) is 16.0 Å². The average Bonchev–Trinajstić information content (AvgIpc) is 2.43. The van der Waals surface area contributed by atoms with Crippen LogP contribution in [0.4, 0.5) is 0 Å². The van der Waals surface area contributed by atoms with Crippen LogP contribution in [0.25, 0.3) is 0 Å². The second-order valence-corrected chi connectivity index (χ2v) is 5.77. The van der Waals surface area contributed by atoms with Crippen molar-refractivity contribution in [2.75, 3.05) is 25.2 Å². The Morgan fingerprint density at radius 1 is 1.58 bits per heavy atom. The fraction of sp³-hybridized carbons (Fsp3) is 0.571. The van der Waals surface area contributed by atoms with Crippen LogP contribution in [0.2, 0.25) is 0 Å². The summed E-state index contributed by atoms with van der Waals surface area (Å²) in [5.41, 5.74) is 2.71. The zero-order valence-corrected chi connectivity index (χ0v) is 12.4. The summed E-state index contributed by atoms with van der Waals surface area (Å²) >= 11 is 1.77.